The quantitative estimate of drug-likeness (QED) is 0.819. The number of halogens is 1. The molecule has 2 aromatic rings. The fourth-order valence-electron chi connectivity index (χ4n) is 1.42. The van der Waals surface area contributed by atoms with Gasteiger partial charge in [0.2, 0.25) is 0 Å². The number of H-pyrrole nitrogens is 1. The van der Waals surface area contributed by atoms with Gasteiger partial charge in [0.1, 0.15) is 11.5 Å². The van der Waals surface area contributed by atoms with Gasteiger partial charge in [-0.05, 0) is 6.26 Å². The third-order valence-corrected chi connectivity index (χ3v) is 3.86. The van der Waals surface area contributed by atoms with Gasteiger partial charge in [0.25, 0.3) is 11.5 Å². The highest BCUT2D eigenvalue weighted by Gasteiger charge is 2.12. The molecule has 9 heteroatoms. The first-order chi connectivity index (χ1) is 9.62. The summed E-state index contributed by atoms with van der Waals surface area (Å²) in [5, 5.41) is 4.78. The standard InChI is InChI=1S/C11H11ClN4O2S2/c1-19-5-8-14-7(2-9(17)15-8)10(18)16-11-13-6(3-12)4-20-11/h2,4H,3,5H2,1H3,(H,13,16,18)(H,14,15,17). The Hall–Kier alpha value is -1.38. The lowest BCUT2D eigenvalue weighted by atomic mass is 10.4. The van der Waals surface area contributed by atoms with Crippen molar-refractivity contribution in [2.45, 2.75) is 11.6 Å². The molecule has 0 aliphatic heterocycles. The van der Waals surface area contributed by atoms with E-state index in [-0.39, 0.29) is 17.1 Å². The maximum absolute atomic E-state index is 12.0. The second-order valence-corrected chi connectivity index (χ2v) is 5.73. The van der Waals surface area contributed by atoms with Gasteiger partial charge in [0.05, 0.1) is 17.3 Å². The average Bonchev–Trinajstić information content (AvgIpc) is 2.86. The summed E-state index contributed by atoms with van der Waals surface area (Å²) in [6, 6.07) is 1.16. The maximum atomic E-state index is 12.0. The van der Waals surface area contributed by atoms with E-state index >= 15 is 0 Å². The summed E-state index contributed by atoms with van der Waals surface area (Å²) >= 11 is 8.42. The fourth-order valence-corrected chi connectivity index (χ4v) is 2.76. The first kappa shape index (κ1) is 15.0. The Morgan fingerprint density at radius 2 is 2.35 bits per heavy atom. The molecule has 2 heterocycles. The average molecular weight is 331 g/mol. The number of carbonyl (C=O) groups excluding carboxylic acids is 1. The number of thiazole rings is 1. The van der Waals surface area contributed by atoms with Gasteiger partial charge in [-0.3, -0.25) is 14.9 Å². The molecule has 0 saturated heterocycles. The summed E-state index contributed by atoms with van der Waals surface area (Å²) in [6.45, 7) is 0. The van der Waals surface area contributed by atoms with E-state index in [0.717, 1.165) is 6.07 Å². The topological polar surface area (TPSA) is 87.7 Å². The van der Waals surface area contributed by atoms with Gasteiger partial charge in [-0.1, -0.05) is 0 Å². The predicted octanol–water partition coefficient (Wildman–Crippen LogP) is 2.08. The van der Waals surface area contributed by atoms with Crippen LogP contribution in [0.4, 0.5) is 5.13 Å². The van der Waals surface area contributed by atoms with E-state index in [0.29, 0.717) is 22.4 Å². The van der Waals surface area contributed by atoms with Crippen molar-refractivity contribution in [3.63, 3.8) is 0 Å². The van der Waals surface area contributed by atoms with Crippen LogP contribution in [0.3, 0.4) is 0 Å². The van der Waals surface area contributed by atoms with Crippen molar-refractivity contribution in [1.29, 1.82) is 0 Å². The van der Waals surface area contributed by atoms with Crippen LogP contribution in [-0.2, 0) is 11.6 Å². The van der Waals surface area contributed by atoms with E-state index in [1.807, 2.05) is 6.26 Å². The third kappa shape index (κ3) is 3.81. The number of nitrogens with zero attached hydrogens (tertiary/aromatic N) is 2. The van der Waals surface area contributed by atoms with Crippen molar-refractivity contribution >= 4 is 45.7 Å². The van der Waals surface area contributed by atoms with E-state index < -0.39 is 5.91 Å². The van der Waals surface area contributed by atoms with Gasteiger partial charge < -0.3 is 4.98 Å². The number of aromatic amines is 1. The lowest BCUT2D eigenvalue weighted by molar-refractivity contribution is 0.102. The first-order valence-corrected chi connectivity index (χ1v) is 8.34. The highest BCUT2D eigenvalue weighted by Crippen LogP contribution is 2.17. The number of thioether (sulfide) groups is 1. The summed E-state index contributed by atoms with van der Waals surface area (Å²) in [7, 11) is 0. The zero-order valence-corrected chi connectivity index (χ0v) is 12.9. The van der Waals surface area contributed by atoms with E-state index in [1.165, 1.54) is 23.1 Å². The van der Waals surface area contributed by atoms with Crippen LogP contribution in [0.15, 0.2) is 16.2 Å². The normalized spacial score (nSPS) is 10.5. The number of amides is 1. The molecule has 6 nitrogen and oxygen atoms in total. The van der Waals surface area contributed by atoms with Gasteiger partial charge in [-0.25, -0.2) is 9.97 Å². The largest absolute Gasteiger partial charge is 0.310 e. The Labute approximate surface area is 128 Å². The van der Waals surface area contributed by atoms with Gasteiger partial charge in [-0.15, -0.1) is 22.9 Å². The Balaban J connectivity index is 2.18. The molecule has 0 radical (unpaired) electrons. The van der Waals surface area contributed by atoms with Crippen LogP contribution in [0.25, 0.3) is 0 Å². The molecule has 0 saturated carbocycles. The molecule has 0 fully saturated rings. The Morgan fingerprint density at radius 1 is 1.55 bits per heavy atom. The predicted molar refractivity (Wildman–Crippen MR) is 81.7 cm³/mol. The second kappa shape index (κ2) is 6.87. The molecule has 0 aromatic carbocycles. The molecule has 0 unspecified atom stereocenters. The highest BCUT2D eigenvalue weighted by atomic mass is 35.5. The zero-order valence-electron chi connectivity index (χ0n) is 10.5. The number of carbonyl (C=O) groups is 1. The van der Waals surface area contributed by atoms with E-state index in [1.54, 1.807) is 5.38 Å². The molecule has 2 aromatic heterocycles. The van der Waals surface area contributed by atoms with Crippen molar-refractivity contribution < 1.29 is 4.79 Å². The first-order valence-electron chi connectivity index (χ1n) is 5.53. The maximum Gasteiger partial charge on any atom is 0.276 e. The molecular weight excluding hydrogens is 320 g/mol. The molecule has 0 atom stereocenters. The van der Waals surface area contributed by atoms with Gasteiger partial charge in [0, 0.05) is 11.4 Å². The van der Waals surface area contributed by atoms with Crippen LogP contribution in [0.1, 0.15) is 22.0 Å². The SMILES string of the molecule is CSCc1nc(C(=O)Nc2nc(CCl)cs2)cc(=O)[nH]1. The van der Waals surface area contributed by atoms with Crippen molar-refractivity contribution in [1.82, 2.24) is 15.0 Å². The monoisotopic (exact) mass is 330 g/mol. The molecule has 106 valence electrons. The molecule has 20 heavy (non-hydrogen) atoms. The summed E-state index contributed by atoms with van der Waals surface area (Å²) in [5.41, 5.74) is 0.407. The number of anilines is 1. The summed E-state index contributed by atoms with van der Waals surface area (Å²) in [6.07, 6.45) is 1.88. The molecule has 0 aliphatic carbocycles. The lowest BCUT2D eigenvalue weighted by Crippen LogP contribution is -2.20. The van der Waals surface area contributed by atoms with E-state index in [2.05, 4.69) is 20.3 Å². The van der Waals surface area contributed by atoms with Crippen LogP contribution in [0, 0.1) is 0 Å². The minimum absolute atomic E-state index is 0.0698. The van der Waals surface area contributed by atoms with Crippen LogP contribution in [0.2, 0.25) is 0 Å². The van der Waals surface area contributed by atoms with Crippen LogP contribution in [0.5, 0.6) is 0 Å². The highest BCUT2D eigenvalue weighted by molar-refractivity contribution is 7.97. The number of aromatic nitrogens is 3. The number of hydrogen-bond acceptors (Lipinski definition) is 6. The molecule has 2 N–H and O–H groups in total. The third-order valence-electron chi connectivity index (χ3n) is 2.21. The summed E-state index contributed by atoms with van der Waals surface area (Å²) in [4.78, 5) is 34.3. The van der Waals surface area contributed by atoms with Crippen molar-refractivity contribution in [3.8, 4) is 0 Å². The van der Waals surface area contributed by atoms with Crippen molar-refractivity contribution in [3.05, 3.63) is 39.0 Å². The van der Waals surface area contributed by atoms with Gasteiger partial charge >= 0.3 is 0 Å². The molecule has 0 aliphatic rings. The smallest absolute Gasteiger partial charge is 0.276 e. The minimum atomic E-state index is -0.464. The number of rotatable bonds is 5. The number of alkyl halides is 1. The number of hydrogen-bond donors (Lipinski definition) is 2. The fraction of sp³-hybridized carbons (Fsp3) is 0.273. The van der Waals surface area contributed by atoms with Crippen LogP contribution >= 0.6 is 34.7 Å². The second-order valence-electron chi connectivity index (χ2n) is 3.74. The molecule has 1 amide bonds. The summed E-state index contributed by atoms with van der Waals surface area (Å²) < 4.78 is 0. The van der Waals surface area contributed by atoms with E-state index in [9.17, 15) is 9.59 Å². The lowest BCUT2D eigenvalue weighted by Gasteiger charge is -2.03. The zero-order chi connectivity index (χ0) is 14.5. The molecule has 0 bridgehead atoms. The van der Waals surface area contributed by atoms with Crippen molar-refractivity contribution in [2.24, 2.45) is 0 Å². The van der Waals surface area contributed by atoms with Crippen LogP contribution < -0.4 is 10.9 Å². The van der Waals surface area contributed by atoms with Crippen molar-refractivity contribution in [2.75, 3.05) is 11.6 Å². The Kier molecular flexibility index (Phi) is 5.16. The Bertz CT molecular complexity index is 670. The minimum Gasteiger partial charge on any atom is -0.310 e. The summed E-state index contributed by atoms with van der Waals surface area (Å²) in [5.74, 6) is 0.821. The number of nitrogens with one attached hydrogen (secondary N) is 2. The van der Waals surface area contributed by atoms with Crippen LogP contribution in [-0.4, -0.2) is 27.1 Å². The van der Waals surface area contributed by atoms with Gasteiger partial charge in [-0.2, -0.15) is 11.8 Å². The molecular formula is C11H11ClN4O2S2. The molecule has 2 rings (SSSR count). The van der Waals surface area contributed by atoms with Gasteiger partial charge in [0.15, 0.2) is 5.13 Å². The van der Waals surface area contributed by atoms with E-state index in [4.69, 9.17) is 11.6 Å². The Morgan fingerprint density at radius 3 is 3.00 bits per heavy atom. The molecule has 0 spiro atoms.